The van der Waals surface area contributed by atoms with Crippen LogP contribution in [-0.2, 0) is 14.3 Å². The molecule has 0 aliphatic carbocycles. The van der Waals surface area contributed by atoms with Crippen LogP contribution in [-0.4, -0.2) is 48.5 Å². The van der Waals surface area contributed by atoms with Crippen molar-refractivity contribution in [2.45, 2.75) is 13.3 Å². The zero-order valence-corrected chi connectivity index (χ0v) is 17.3. The molecule has 0 saturated carbocycles. The quantitative estimate of drug-likeness (QED) is 0.674. The third-order valence-electron chi connectivity index (χ3n) is 5.09. The average Bonchev–Trinajstić information content (AvgIpc) is 3.30. The second kappa shape index (κ2) is 8.31. The fraction of sp³-hybridized carbons (Fsp3) is 0.318. The van der Waals surface area contributed by atoms with Gasteiger partial charge in [-0.2, -0.15) is 0 Å². The lowest BCUT2D eigenvalue weighted by Gasteiger charge is -2.15. The molecule has 6 nitrogen and oxygen atoms in total. The molecule has 1 N–H and O–H groups in total. The molecular formula is C22H23N3O3S. The number of aryl methyl sites for hydroxylation is 1. The maximum Gasteiger partial charge on any atom is 0.229 e. The van der Waals surface area contributed by atoms with E-state index in [0.29, 0.717) is 19.7 Å². The van der Waals surface area contributed by atoms with Crippen LogP contribution in [0.5, 0.6) is 0 Å². The molecule has 1 saturated heterocycles. The van der Waals surface area contributed by atoms with Gasteiger partial charge in [-0.3, -0.25) is 9.59 Å². The summed E-state index contributed by atoms with van der Waals surface area (Å²) in [4.78, 5) is 31.0. The SMILES string of the molecule is COCCN1C[C@@H](C(=O)Nc2ccc(-c3nc4ccc(C)cc4s3)cc2)CC1=O. The molecule has 0 spiro atoms. The van der Waals surface area contributed by atoms with Crippen molar-refractivity contribution in [2.24, 2.45) is 5.92 Å². The minimum absolute atomic E-state index is 0.00335. The molecule has 0 bridgehead atoms. The van der Waals surface area contributed by atoms with E-state index in [2.05, 4.69) is 24.4 Å². The summed E-state index contributed by atoms with van der Waals surface area (Å²) in [6.45, 7) is 3.52. The molecule has 0 unspecified atom stereocenters. The molecule has 2 heterocycles. The first kappa shape index (κ1) is 19.5. The number of hydrogen-bond acceptors (Lipinski definition) is 5. The minimum atomic E-state index is -0.327. The molecule has 29 heavy (non-hydrogen) atoms. The Kier molecular flexibility index (Phi) is 5.60. The fourth-order valence-corrected chi connectivity index (χ4v) is 4.53. The summed E-state index contributed by atoms with van der Waals surface area (Å²) >= 11 is 1.66. The van der Waals surface area contributed by atoms with Gasteiger partial charge >= 0.3 is 0 Å². The Morgan fingerprint density at radius 3 is 2.83 bits per heavy atom. The van der Waals surface area contributed by atoms with Crippen LogP contribution in [0.3, 0.4) is 0 Å². The lowest BCUT2D eigenvalue weighted by atomic mass is 10.1. The van der Waals surface area contributed by atoms with Crippen LogP contribution >= 0.6 is 11.3 Å². The molecule has 4 rings (SSSR count). The van der Waals surface area contributed by atoms with Crippen molar-refractivity contribution in [3.63, 3.8) is 0 Å². The molecule has 1 fully saturated rings. The van der Waals surface area contributed by atoms with Gasteiger partial charge < -0.3 is 15.0 Å². The highest BCUT2D eigenvalue weighted by molar-refractivity contribution is 7.21. The third kappa shape index (κ3) is 4.31. The fourth-order valence-electron chi connectivity index (χ4n) is 3.46. The van der Waals surface area contributed by atoms with Gasteiger partial charge in [-0.1, -0.05) is 6.07 Å². The number of nitrogens with one attached hydrogen (secondary N) is 1. The lowest BCUT2D eigenvalue weighted by molar-refractivity contribution is -0.128. The molecule has 1 atom stereocenters. The van der Waals surface area contributed by atoms with E-state index in [1.807, 2.05) is 30.3 Å². The van der Waals surface area contributed by atoms with Crippen molar-refractivity contribution in [1.29, 1.82) is 0 Å². The number of carbonyl (C=O) groups excluding carboxylic acids is 2. The van der Waals surface area contributed by atoms with Crippen LogP contribution in [0.15, 0.2) is 42.5 Å². The molecular weight excluding hydrogens is 386 g/mol. The smallest absolute Gasteiger partial charge is 0.229 e. The summed E-state index contributed by atoms with van der Waals surface area (Å²) in [6, 6.07) is 13.9. The second-order valence-electron chi connectivity index (χ2n) is 7.29. The number of methoxy groups -OCH3 is 1. The summed E-state index contributed by atoms with van der Waals surface area (Å²) in [7, 11) is 1.60. The third-order valence-corrected chi connectivity index (χ3v) is 6.16. The molecule has 2 aromatic carbocycles. The van der Waals surface area contributed by atoms with Crippen LogP contribution in [0.1, 0.15) is 12.0 Å². The Morgan fingerprint density at radius 1 is 1.28 bits per heavy atom. The molecule has 1 aliphatic rings. The van der Waals surface area contributed by atoms with Gasteiger partial charge in [-0.25, -0.2) is 4.98 Å². The van der Waals surface area contributed by atoms with E-state index in [4.69, 9.17) is 9.72 Å². The number of likely N-dealkylation sites (tertiary alicyclic amines) is 1. The van der Waals surface area contributed by atoms with Crippen LogP contribution in [0.4, 0.5) is 5.69 Å². The Bertz CT molecular complexity index is 1050. The number of aromatic nitrogens is 1. The number of nitrogens with zero attached hydrogens (tertiary/aromatic N) is 2. The summed E-state index contributed by atoms with van der Waals surface area (Å²) < 4.78 is 6.19. The van der Waals surface area contributed by atoms with Crippen LogP contribution < -0.4 is 5.32 Å². The van der Waals surface area contributed by atoms with E-state index < -0.39 is 0 Å². The van der Waals surface area contributed by atoms with E-state index in [-0.39, 0.29) is 24.2 Å². The van der Waals surface area contributed by atoms with Gasteiger partial charge in [-0.15, -0.1) is 11.3 Å². The minimum Gasteiger partial charge on any atom is -0.383 e. The number of benzene rings is 2. The first-order chi connectivity index (χ1) is 14.0. The molecule has 3 aromatic rings. The molecule has 7 heteroatoms. The predicted molar refractivity (Wildman–Crippen MR) is 115 cm³/mol. The summed E-state index contributed by atoms with van der Waals surface area (Å²) in [5.74, 6) is -0.448. The molecule has 1 aromatic heterocycles. The predicted octanol–water partition coefficient (Wildman–Crippen LogP) is 3.71. The summed E-state index contributed by atoms with van der Waals surface area (Å²) in [5.41, 5.74) is 3.95. The average molecular weight is 410 g/mol. The number of amides is 2. The highest BCUT2D eigenvalue weighted by atomic mass is 32.1. The monoisotopic (exact) mass is 409 g/mol. The van der Waals surface area contributed by atoms with Gasteiger partial charge in [0.25, 0.3) is 0 Å². The number of thiazole rings is 1. The Labute approximate surface area is 173 Å². The van der Waals surface area contributed by atoms with Crippen LogP contribution in [0, 0.1) is 12.8 Å². The van der Waals surface area contributed by atoms with Gasteiger partial charge in [0.2, 0.25) is 11.8 Å². The number of fused-ring (bicyclic) bond motifs is 1. The van der Waals surface area contributed by atoms with E-state index >= 15 is 0 Å². The number of carbonyl (C=O) groups is 2. The lowest BCUT2D eigenvalue weighted by Crippen LogP contribution is -2.30. The summed E-state index contributed by atoms with van der Waals surface area (Å²) in [6.07, 6.45) is 0.249. The largest absolute Gasteiger partial charge is 0.383 e. The molecule has 2 amide bonds. The van der Waals surface area contributed by atoms with Gasteiger partial charge in [0.15, 0.2) is 0 Å². The Hall–Kier alpha value is -2.77. The van der Waals surface area contributed by atoms with E-state index in [0.717, 1.165) is 21.8 Å². The maximum atomic E-state index is 12.6. The van der Waals surface area contributed by atoms with Crippen molar-refractivity contribution in [1.82, 2.24) is 9.88 Å². The van der Waals surface area contributed by atoms with Crippen molar-refractivity contribution in [2.75, 3.05) is 32.1 Å². The molecule has 0 radical (unpaired) electrons. The summed E-state index contributed by atoms with van der Waals surface area (Å²) in [5, 5.41) is 3.88. The van der Waals surface area contributed by atoms with Gasteiger partial charge in [-0.05, 0) is 48.9 Å². The van der Waals surface area contributed by atoms with Crippen LogP contribution in [0.25, 0.3) is 20.8 Å². The van der Waals surface area contributed by atoms with Gasteiger partial charge in [0, 0.05) is 37.9 Å². The second-order valence-corrected chi connectivity index (χ2v) is 8.32. The standard InChI is InChI=1S/C22H23N3O3S/c1-14-3-8-18-19(11-14)29-22(24-18)15-4-6-17(7-5-15)23-21(27)16-12-20(26)25(13-16)9-10-28-2/h3-8,11,16H,9-10,12-13H2,1-2H3,(H,23,27)/t16-/m0/s1. The van der Waals surface area contributed by atoms with Crippen molar-refractivity contribution < 1.29 is 14.3 Å². The Balaban J connectivity index is 1.41. The van der Waals surface area contributed by atoms with Crippen LogP contribution in [0.2, 0.25) is 0 Å². The number of anilines is 1. The highest BCUT2D eigenvalue weighted by Gasteiger charge is 2.33. The zero-order valence-electron chi connectivity index (χ0n) is 16.5. The van der Waals surface area contributed by atoms with Gasteiger partial charge in [0.05, 0.1) is 22.7 Å². The first-order valence-electron chi connectivity index (χ1n) is 9.58. The first-order valence-corrected chi connectivity index (χ1v) is 10.4. The topological polar surface area (TPSA) is 71.5 Å². The van der Waals surface area contributed by atoms with Crippen molar-refractivity contribution in [3.8, 4) is 10.6 Å². The number of hydrogen-bond donors (Lipinski definition) is 1. The number of ether oxygens (including phenoxy) is 1. The zero-order chi connectivity index (χ0) is 20.4. The maximum absolute atomic E-state index is 12.6. The van der Waals surface area contributed by atoms with E-state index in [9.17, 15) is 9.59 Å². The number of rotatable bonds is 6. The van der Waals surface area contributed by atoms with Crippen molar-refractivity contribution in [3.05, 3.63) is 48.0 Å². The van der Waals surface area contributed by atoms with Gasteiger partial charge in [0.1, 0.15) is 5.01 Å². The van der Waals surface area contributed by atoms with E-state index in [1.165, 1.54) is 10.3 Å². The molecule has 150 valence electrons. The Morgan fingerprint density at radius 2 is 2.07 bits per heavy atom. The highest BCUT2D eigenvalue weighted by Crippen LogP contribution is 2.31. The van der Waals surface area contributed by atoms with E-state index in [1.54, 1.807) is 23.3 Å². The van der Waals surface area contributed by atoms with Crippen molar-refractivity contribution >= 4 is 39.1 Å². The molecule has 1 aliphatic heterocycles. The normalized spacial score (nSPS) is 16.6.